The molecule has 2 fully saturated rings. The number of rotatable bonds is 4. The Morgan fingerprint density at radius 3 is 2.86 bits per heavy atom. The molecule has 1 saturated heterocycles. The average Bonchev–Trinajstić information content (AvgIpc) is 3.05. The van der Waals surface area contributed by atoms with Crippen molar-refractivity contribution in [2.24, 2.45) is 5.92 Å². The summed E-state index contributed by atoms with van der Waals surface area (Å²) in [7, 11) is 0. The van der Waals surface area contributed by atoms with E-state index in [9.17, 15) is 0 Å². The van der Waals surface area contributed by atoms with Gasteiger partial charge in [-0.25, -0.2) is 9.67 Å². The molecule has 5 nitrogen and oxygen atoms in total. The molecule has 1 spiro atoms. The Labute approximate surface area is 128 Å². The van der Waals surface area contributed by atoms with E-state index in [4.69, 9.17) is 0 Å². The molecular formula is C16H29N5. The fraction of sp³-hybridized carbons (Fsp3) is 0.875. The van der Waals surface area contributed by atoms with Crippen molar-refractivity contribution < 1.29 is 0 Å². The third kappa shape index (κ3) is 3.14. The second-order valence-corrected chi connectivity index (χ2v) is 7.35. The third-order valence-corrected chi connectivity index (χ3v) is 5.05. The molecule has 0 bridgehead atoms. The molecule has 21 heavy (non-hydrogen) atoms. The fourth-order valence-corrected chi connectivity index (χ4v) is 3.90. The summed E-state index contributed by atoms with van der Waals surface area (Å²) >= 11 is 0. The highest BCUT2D eigenvalue weighted by atomic mass is 15.4. The van der Waals surface area contributed by atoms with E-state index >= 15 is 0 Å². The highest BCUT2D eigenvalue weighted by Crippen LogP contribution is 2.37. The zero-order chi connectivity index (χ0) is 14.9. The summed E-state index contributed by atoms with van der Waals surface area (Å²) in [5, 5.41) is 8.11. The molecule has 0 radical (unpaired) electrons. The van der Waals surface area contributed by atoms with Crippen molar-refractivity contribution in [1.82, 2.24) is 25.0 Å². The van der Waals surface area contributed by atoms with Crippen LogP contribution in [0.5, 0.6) is 0 Å². The summed E-state index contributed by atoms with van der Waals surface area (Å²) in [5.41, 5.74) is 0.362. The van der Waals surface area contributed by atoms with Crippen LogP contribution in [0, 0.1) is 5.92 Å². The molecule has 5 heteroatoms. The van der Waals surface area contributed by atoms with Gasteiger partial charge in [0.15, 0.2) is 0 Å². The van der Waals surface area contributed by atoms with Gasteiger partial charge in [-0.3, -0.25) is 4.90 Å². The number of piperazine rings is 1. The Balaban J connectivity index is 1.76. The van der Waals surface area contributed by atoms with Crippen LogP contribution in [0.25, 0.3) is 0 Å². The van der Waals surface area contributed by atoms with E-state index in [1.807, 2.05) is 0 Å². The Morgan fingerprint density at radius 1 is 1.38 bits per heavy atom. The van der Waals surface area contributed by atoms with Gasteiger partial charge in [0.25, 0.3) is 0 Å². The minimum Gasteiger partial charge on any atom is -0.311 e. The first kappa shape index (κ1) is 15.0. The number of hydrogen-bond acceptors (Lipinski definition) is 4. The van der Waals surface area contributed by atoms with Crippen molar-refractivity contribution in [3.8, 4) is 0 Å². The minimum absolute atomic E-state index is 0.362. The van der Waals surface area contributed by atoms with Crippen molar-refractivity contribution in [3.05, 3.63) is 12.2 Å². The molecule has 1 aliphatic heterocycles. The first-order chi connectivity index (χ1) is 10.1. The fourth-order valence-electron chi connectivity index (χ4n) is 3.90. The zero-order valence-corrected chi connectivity index (χ0v) is 13.7. The van der Waals surface area contributed by atoms with Gasteiger partial charge in [0.05, 0.1) is 6.54 Å². The van der Waals surface area contributed by atoms with Gasteiger partial charge in [0.1, 0.15) is 12.2 Å². The van der Waals surface area contributed by atoms with Gasteiger partial charge < -0.3 is 5.32 Å². The summed E-state index contributed by atoms with van der Waals surface area (Å²) in [6.07, 6.45) is 7.09. The summed E-state index contributed by atoms with van der Waals surface area (Å²) < 4.78 is 2.10. The second-order valence-electron chi connectivity index (χ2n) is 7.35. The molecule has 1 aromatic rings. The van der Waals surface area contributed by atoms with E-state index in [-0.39, 0.29) is 0 Å². The van der Waals surface area contributed by atoms with Crippen LogP contribution >= 0.6 is 0 Å². The molecule has 118 valence electrons. The summed E-state index contributed by atoms with van der Waals surface area (Å²) in [6.45, 7) is 10.9. The number of aromatic nitrogens is 3. The smallest absolute Gasteiger partial charge is 0.141 e. The van der Waals surface area contributed by atoms with Crippen molar-refractivity contribution in [2.75, 3.05) is 13.1 Å². The molecule has 2 heterocycles. The van der Waals surface area contributed by atoms with Crippen LogP contribution in [-0.4, -0.2) is 44.3 Å². The topological polar surface area (TPSA) is 46.0 Å². The van der Waals surface area contributed by atoms with Gasteiger partial charge in [-0.15, -0.1) is 0 Å². The van der Waals surface area contributed by atoms with E-state index in [2.05, 4.69) is 45.8 Å². The number of nitrogens with zero attached hydrogens (tertiary/aromatic N) is 4. The van der Waals surface area contributed by atoms with Crippen LogP contribution in [-0.2, 0) is 13.1 Å². The molecule has 1 aliphatic carbocycles. The van der Waals surface area contributed by atoms with Gasteiger partial charge >= 0.3 is 0 Å². The largest absolute Gasteiger partial charge is 0.311 e. The maximum absolute atomic E-state index is 4.53. The maximum Gasteiger partial charge on any atom is 0.141 e. The summed E-state index contributed by atoms with van der Waals surface area (Å²) in [5.74, 6) is 1.73. The molecule has 1 saturated carbocycles. The molecule has 1 aromatic heterocycles. The van der Waals surface area contributed by atoms with Crippen LogP contribution in [0.4, 0.5) is 0 Å². The van der Waals surface area contributed by atoms with Crippen molar-refractivity contribution in [1.29, 1.82) is 0 Å². The molecule has 2 aliphatic rings. The lowest BCUT2D eigenvalue weighted by Crippen LogP contribution is -2.62. The molecule has 0 aromatic carbocycles. The third-order valence-electron chi connectivity index (χ3n) is 5.05. The number of nitrogens with one attached hydrogen (secondary N) is 1. The highest BCUT2D eigenvalue weighted by Gasteiger charge is 2.42. The molecular weight excluding hydrogens is 262 g/mol. The Hall–Kier alpha value is -0.940. The van der Waals surface area contributed by atoms with Crippen molar-refractivity contribution in [3.63, 3.8) is 0 Å². The number of hydrogen-bond donors (Lipinski definition) is 1. The first-order valence-corrected chi connectivity index (χ1v) is 8.44. The quantitative estimate of drug-likeness (QED) is 0.922. The first-order valence-electron chi connectivity index (χ1n) is 8.44. The van der Waals surface area contributed by atoms with Crippen molar-refractivity contribution in [2.45, 2.75) is 71.1 Å². The SMILES string of the molecule is CC(C)Cn1ncnc1CN1CC(C)NCC12CCCC2. The van der Waals surface area contributed by atoms with Gasteiger partial charge in [0.2, 0.25) is 0 Å². The Morgan fingerprint density at radius 2 is 2.14 bits per heavy atom. The molecule has 1 atom stereocenters. The van der Waals surface area contributed by atoms with Gasteiger partial charge in [-0.05, 0) is 25.7 Å². The standard InChI is InChI=1S/C16H29N5/c1-13(2)8-21-15(18-12-19-21)10-20-9-14(3)17-11-16(20)6-4-5-7-16/h12-14,17H,4-11H2,1-3H3. The molecule has 1 unspecified atom stereocenters. The van der Waals surface area contributed by atoms with E-state index in [1.165, 1.54) is 25.7 Å². The predicted octanol–water partition coefficient (Wildman–Crippen LogP) is 2.04. The minimum atomic E-state index is 0.362. The van der Waals surface area contributed by atoms with Crippen molar-refractivity contribution >= 4 is 0 Å². The Bertz CT molecular complexity index is 461. The lowest BCUT2D eigenvalue weighted by atomic mass is 9.91. The summed E-state index contributed by atoms with van der Waals surface area (Å²) in [4.78, 5) is 7.22. The molecule has 3 rings (SSSR count). The second kappa shape index (κ2) is 6.05. The van der Waals surface area contributed by atoms with E-state index in [0.29, 0.717) is 17.5 Å². The van der Waals surface area contributed by atoms with Crippen LogP contribution in [0.15, 0.2) is 6.33 Å². The normalized spacial score (nSPS) is 26.0. The molecule has 1 N–H and O–H groups in total. The van der Waals surface area contributed by atoms with Gasteiger partial charge in [-0.1, -0.05) is 26.7 Å². The predicted molar refractivity (Wildman–Crippen MR) is 83.9 cm³/mol. The maximum atomic E-state index is 4.53. The van der Waals surface area contributed by atoms with Crippen LogP contribution in [0.3, 0.4) is 0 Å². The van der Waals surface area contributed by atoms with E-state index < -0.39 is 0 Å². The van der Waals surface area contributed by atoms with Crippen LogP contribution in [0.1, 0.15) is 52.3 Å². The highest BCUT2D eigenvalue weighted by molar-refractivity contribution is 5.03. The molecule has 0 amide bonds. The van der Waals surface area contributed by atoms with E-state index in [1.54, 1.807) is 6.33 Å². The van der Waals surface area contributed by atoms with Gasteiger partial charge in [0, 0.05) is 31.2 Å². The lowest BCUT2D eigenvalue weighted by Gasteiger charge is -2.47. The van der Waals surface area contributed by atoms with E-state index in [0.717, 1.165) is 32.0 Å². The Kier molecular flexibility index (Phi) is 4.31. The zero-order valence-electron chi connectivity index (χ0n) is 13.7. The van der Waals surface area contributed by atoms with Crippen LogP contribution in [0.2, 0.25) is 0 Å². The monoisotopic (exact) mass is 291 g/mol. The van der Waals surface area contributed by atoms with Gasteiger partial charge in [-0.2, -0.15) is 5.10 Å². The average molecular weight is 291 g/mol. The lowest BCUT2D eigenvalue weighted by molar-refractivity contribution is 0.0356. The summed E-state index contributed by atoms with van der Waals surface area (Å²) in [6, 6.07) is 0.567. The van der Waals surface area contributed by atoms with Crippen LogP contribution < -0.4 is 5.32 Å².